The molecule has 1 atom stereocenters. The summed E-state index contributed by atoms with van der Waals surface area (Å²) in [6.07, 6.45) is 10.1. The van der Waals surface area contributed by atoms with E-state index in [1.54, 1.807) is 12.4 Å². The zero-order valence-corrected chi connectivity index (χ0v) is 19.7. The quantitative estimate of drug-likeness (QED) is 0.628. The van der Waals surface area contributed by atoms with E-state index in [9.17, 15) is 4.79 Å². The lowest BCUT2D eigenvalue weighted by Gasteiger charge is -2.28. The molecule has 2 fully saturated rings. The van der Waals surface area contributed by atoms with Crippen molar-refractivity contribution in [2.75, 3.05) is 39.5 Å². The molecule has 0 unspecified atom stereocenters. The normalized spacial score (nSPS) is 18.6. The topological polar surface area (TPSA) is 76.6 Å². The first-order valence-corrected chi connectivity index (χ1v) is 12.3. The molecule has 1 aromatic heterocycles. The number of morpholine rings is 1. The number of hydrogen-bond donors (Lipinski definition) is 1. The van der Waals surface area contributed by atoms with Crippen molar-refractivity contribution in [1.29, 1.82) is 0 Å². The maximum Gasteiger partial charge on any atom is 0.227 e. The molecule has 4 rings (SSSR count). The van der Waals surface area contributed by atoms with Crippen molar-refractivity contribution < 1.29 is 14.3 Å². The number of benzene rings is 1. The van der Waals surface area contributed by atoms with E-state index in [0.717, 1.165) is 49.7 Å². The van der Waals surface area contributed by atoms with E-state index in [1.807, 2.05) is 24.3 Å². The van der Waals surface area contributed by atoms with Crippen LogP contribution in [0.1, 0.15) is 44.9 Å². The molecule has 1 saturated carbocycles. The summed E-state index contributed by atoms with van der Waals surface area (Å²) < 4.78 is 11.3. The first-order chi connectivity index (χ1) is 16.2. The summed E-state index contributed by atoms with van der Waals surface area (Å²) in [5, 5.41) is 3.15. The summed E-state index contributed by atoms with van der Waals surface area (Å²) in [6, 6.07) is 8.19. The number of carbonyl (C=O) groups is 1. The van der Waals surface area contributed by atoms with Crippen molar-refractivity contribution in [2.45, 2.75) is 51.5 Å². The molecule has 2 aliphatic rings. The van der Waals surface area contributed by atoms with Crippen LogP contribution in [0.2, 0.25) is 0 Å². The van der Waals surface area contributed by atoms with Gasteiger partial charge in [-0.3, -0.25) is 9.69 Å². The zero-order valence-electron chi connectivity index (χ0n) is 19.7. The van der Waals surface area contributed by atoms with Crippen molar-refractivity contribution in [2.24, 2.45) is 5.92 Å². The summed E-state index contributed by atoms with van der Waals surface area (Å²) in [4.78, 5) is 23.6. The fourth-order valence-electron chi connectivity index (χ4n) is 4.66. The van der Waals surface area contributed by atoms with Gasteiger partial charge in [-0.25, -0.2) is 9.97 Å². The van der Waals surface area contributed by atoms with Gasteiger partial charge < -0.3 is 14.8 Å². The van der Waals surface area contributed by atoms with E-state index in [-0.39, 0.29) is 18.4 Å². The molecule has 0 spiro atoms. The lowest BCUT2D eigenvalue weighted by molar-refractivity contribution is -0.121. The summed E-state index contributed by atoms with van der Waals surface area (Å²) in [7, 11) is 0. The van der Waals surface area contributed by atoms with Gasteiger partial charge in [-0.05, 0) is 43.4 Å². The largest absolute Gasteiger partial charge is 0.492 e. The lowest BCUT2D eigenvalue weighted by Crippen LogP contribution is -2.39. The molecule has 2 aromatic rings. The van der Waals surface area contributed by atoms with Crippen LogP contribution in [0.15, 0.2) is 36.7 Å². The Morgan fingerprint density at radius 3 is 2.48 bits per heavy atom. The smallest absolute Gasteiger partial charge is 0.227 e. The van der Waals surface area contributed by atoms with Crippen molar-refractivity contribution in [3.8, 4) is 16.9 Å². The number of rotatable bonds is 9. The second-order valence-corrected chi connectivity index (χ2v) is 9.15. The maximum atomic E-state index is 12.4. The first-order valence-electron chi connectivity index (χ1n) is 12.3. The molecular weight excluding hydrogens is 416 g/mol. The summed E-state index contributed by atoms with van der Waals surface area (Å²) in [5.74, 6) is 2.00. The van der Waals surface area contributed by atoms with Crippen LogP contribution in [0.5, 0.6) is 5.75 Å². The highest BCUT2D eigenvalue weighted by molar-refractivity contribution is 5.78. The van der Waals surface area contributed by atoms with E-state index in [0.29, 0.717) is 18.3 Å². The fraction of sp³-hybridized carbons (Fsp3) is 0.577. The highest BCUT2D eigenvalue weighted by Gasteiger charge is 2.21. The van der Waals surface area contributed by atoms with E-state index in [2.05, 4.69) is 27.1 Å². The van der Waals surface area contributed by atoms with E-state index in [4.69, 9.17) is 9.47 Å². The van der Waals surface area contributed by atoms with Crippen molar-refractivity contribution in [3.63, 3.8) is 0 Å². The number of nitrogens with one attached hydrogen (secondary N) is 1. The molecule has 2 heterocycles. The number of ether oxygens (including phenoxy) is 2. The second kappa shape index (κ2) is 12.1. The summed E-state index contributed by atoms with van der Waals surface area (Å²) in [5.41, 5.74) is 1.95. The average molecular weight is 453 g/mol. The zero-order chi connectivity index (χ0) is 22.9. The number of nitrogens with zero attached hydrogens (tertiary/aromatic N) is 3. The Morgan fingerprint density at radius 2 is 1.79 bits per heavy atom. The van der Waals surface area contributed by atoms with E-state index < -0.39 is 0 Å². The van der Waals surface area contributed by atoms with E-state index in [1.165, 1.54) is 32.1 Å². The Morgan fingerprint density at radius 1 is 1.09 bits per heavy atom. The highest BCUT2D eigenvalue weighted by atomic mass is 16.5. The van der Waals surface area contributed by atoms with Gasteiger partial charge in [-0.15, -0.1) is 0 Å². The predicted molar refractivity (Wildman–Crippen MR) is 128 cm³/mol. The van der Waals surface area contributed by atoms with Crippen LogP contribution < -0.4 is 10.1 Å². The van der Waals surface area contributed by atoms with Crippen LogP contribution in [0.3, 0.4) is 0 Å². The number of hydrogen-bond acceptors (Lipinski definition) is 6. The monoisotopic (exact) mass is 452 g/mol. The molecule has 1 N–H and O–H groups in total. The second-order valence-electron chi connectivity index (χ2n) is 9.15. The van der Waals surface area contributed by atoms with Crippen LogP contribution >= 0.6 is 0 Å². The first kappa shape index (κ1) is 23.6. The molecule has 0 bridgehead atoms. The highest BCUT2D eigenvalue weighted by Crippen LogP contribution is 2.26. The Kier molecular flexibility index (Phi) is 8.66. The van der Waals surface area contributed by atoms with Gasteiger partial charge in [0.2, 0.25) is 5.91 Å². The molecule has 7 heteroatoms. The third kappa shape index (κ3) is 7.24. The van der Waals surface area contributed by atoms with Crippen LogP contribution in [-0.4, -0.2) is 66.3 Å². The van der Waals surface area contributed by atoms with E-state index >= 15 is 0 Å². The van der Waals surface area contributed by atoms with Gasteiger partial charge in [0.15, 0.2) is 0 Å². The van der Waals surface area contributed by atoms with Crippen molar-refractivity contribution >= 4 is 5.91 Å². The standard InChI is InChI=1S/C26H36N4O3/c1-20(21-5-3-2-4-6-21)29-26(31)17-25-27-18-23(19-28-25)22-7-9-24(10-8-22)33-16-13-30-11-14-32-15-12-30/h7-10,18-21H,2-6,11-17H2,1H3,(H,29,31)/t20-/m1/s1. The molecule has 1 aliphatic carbocycles. The Hall–Kier alpha value is -2.51. The summed E-state index contributed by atoms with van der Waals surface area (Å²) >= 11 is 0. The van der Waals surface area contributed by atoms with Gasteiger partial charge in [0.25, 0.3) is 0 Å². The van der Waals surface area contributed by atoms with Gasteiger partial charge >= 0.3 is 0 Å². The van der Waals surface area contributed by atoms with Gasteiger partial charge in [0, 0.05) is 43.6 Å². The maximum absolute atomic E-state index is 12.4. The molecule has 33 heavy (non-hydrogen) atoms. The molecule has 1 saturated heterocycles. The van der Waals surface area contributed by atoms with Crippen LogP contribution in [0, 0.1) is 5.92 Å². The Bertz CT molecular complexity index is 860. The molecular formula is C26H36N4O3. The third-order valence-electron chi connectivity index (χ3n) is 6.74. The van der Waals surface area contributed by atoms with Crippen LogP contribution in [-0.2, 0) is 16.0 Å². The van der Waals surface area contributed by atoms with Crippen LogP contribution in [0.4, 0.5) is 0 Å². The Balaban J connectivity index is 1.23. The minimum Gasteiger partial charge on any atom is -0.492 e. The fourth-order valence-corrected chi connectivity index (χ4v) is 4.66. The molecule has 178 valence electrons. The van der Waals surface area contributed by atoms with Gasteiger partial charge in [-0.2, -0.15) is 0 Å². The SMILES string of the molecule is C[C@@H](NC(=O)Cc1ncc(-c2ccc(OCCN3CCOCC3)cc2)cn1)C1CCCCC1. The van der Waals surface area contributed by atoms with Gasteiger partial charge in [0.1, 0.15) is 18.2 Å². The van der Waals surface area contributed by atoms with Gasteiger partial charge in [0.05, 0.1) is 19.6 Å². The van der Waals surface area contributed by atoms with Gasteiger partial charge in [-0.1, -0.05) is 31.4 Å². The number of carbonyl (C=O) groups excluding carboxylic acids is 1. The molecule has 1 aromatic carbocycles. The summed E-state index contributed by atoms with van der Waals surface area (Å²) in [6.45, 7) is 7.25. The van der Waals surface area contributed by atoms with Crippen molar-refractivity contribution in [3.05, 3.63) is 42.5 Å². The third-order valence-corrected chi connectivity index (χ3v) is 6.74. The average Bonchev–Trinajstić information content (AvgIpc) is 2.86. The molecule has 0 radical (unpaired) electrons. The Labute approximate surface area is 196 Å². The predicted octanol–water partition coefficient (Wildman–Crippen LogP) is 3.48. The lowest BCUT2D eigenvalue weighted by atomic mass is 9.84. The minimum atomic E-state index is -0.000552. The molecule has 1 aliphatic heterocycles. The van der Waals surface area contributed by atoms with Crippen LogP contribution in [0.25, 0.3) is 11.1 Å². The number of amides is 1. The minimum absolute atomic E-state index is 0.000552. The van der Waals surface area contributed by atoms with Crippen molar-refractivity contribution in [1.82, 2.24) is 20.2 Å². The molecule has 7 nitrogen and oxygen atoms in total. The molecule has 1 amide bonds. The number of aromatic nitrogens is 2.